The van der Waals surface area contributed by atoms with Crippen LogP contribution in [0.15, 0.2) is 6.07 Å². The standard InChI is InChI=1S/C9H12N4O/c1-5-4-7(14-3)13-9(11-5)8(10)6(2)12-13/h4H,10H2,1-3H3. The van der Waals surface area contributed by atoms with Crippen molar-refractivity contribution in [2.75, 3.05) is 12.8 Å². The summed E-state index contributed by atoms with van der Waals surface area (Å²) in [5.74, 6) is 0.646. The number of nitrogen functional groups attached to an aromatic ring is 1. The monoisotopic (exact) mass is 192 g/mol. The Balaban J connectivity index is 2.87. The average molecular weight is 192 g/mol. The molecule has 2 aromatic heterocycles. The van der Waals surface area contributed by atoms with Gasteiger partial charge in [0, 0.05) is 11.8 Å². The van der Waals surface area contributed by atoms with Crippen molar-refractivity contribution in [1.29, 1.82) is 0 Å². The van der Waals surface area contributed by atoms with E-state index in [4.69, 9.17) is 10.5 Å². The smallest absolute Gasteiger partial charge is 0.218 e. The molecule has 0 fully saturated rings. The molecule has 2 N–H and O–H groups in total. The van der Waals surface area contributed by atoms with Crippen molar-refractivity contribution in [3.63, 3.8) is 0 Å². The van der Waals surface area contributed by atoms with Crippen LogP contribution in [0, 0.1) is 13.8 Å². The lowest BCUT2D eigenvalue weighted by atomic mass is 10.4. The number of nitrogens with two attached hydrogens (primary N) is 1. The molecule has 2 heterocycles. The number of hydrogen-bond acceptors (Lipinski definition) is 4. The SMILES string of the molecule is COc1cc(C)nc2c(N)c(C)nn12. The average Bonchev–Trinajstić information content (AvgIpc) is 2.43. The molecule has 0 radical (unpaired) electrons. The Hall–Kier alpha value is -1.78. The van der Waals surface area contributed by atoms with Crippen molar-refractivity contribution >= 4 is 11.3 Å². The third-order valence-corrected chi connectivity index (χ3v) is 2.11. The summed E-state index contributed by atoms with van der Waals surface area (Å²) >= 11 is 0. The fourth-order valence-electron chi connectivity index (χ4n) is 1.37. The van der Waals surface area contributed by atoms with Crippen LogP contribution in [0.3, 0.4) is 0 Å². The van der Waals surface area contributed by atoms with E-state index in [2.05, 4.69) is 10.1 Å². The van der Waals surface area contributed by atoms with Gasteiger partial charge in [-0.2, -0.15) is 9.61 Å². The highest BCUT2D eigenvalue weighted by molar-refractivity contribution is 5.68. The molecule has 2 rings (SSSR count). The molecular formula is C9H12N4O. The maximum atomic E-state index is 5.83. The van der Waals surface area contributed by atoms with Crippen LogP contribution in [0.1, 0.15) is 11.4 Å². The largest absolute Gasteiger partial charge is 0.481 e. The molecule has 5 heteroatoms. The van der Waals surface area contributed by atoms with Crippen molar-refractivity contribution in [3.8, 4) is 5.88 Å². The van der Waals surface area contributed by atoms with Gasteiger partial charge in [-0.05, 0) is 13.8 Å². The fourth-order valence-corrected chi connectivity index (χ4v) is 1.37. The predicted molar refractivity (Wildman–Crippen MR) is 53.4 cm³/mol. The third-order valence-electron chi connectivity index (χ3n) is 2.11. The highest BCUT2D eigenvalue weighted by atomic mass is 16.5. The van der Waals surface area contributed by atoms with Crippen LogP contribution in [0.4, 0.5) is 5.69 Å². The molecule has 0 unspecified atom stereocenters. The zero-order chi connectivity index (χ0) is 10.3. The zero-order valence-corrected chi connectivity index (χ0v) is 8.40. The molecule has 0 bridgehead atoms. The Bertz CT molecular complexity index is 489. The van der Waals surface area contributed by atoms with Crippen LogP contribution >= 0.6 is 0 Å². The van der Waals surface area contributed by atoms with Crippen molar-refractivity contribution in [2.24, 2.45) is 0 Å². The highest BCUT2D eigenvalue weighted by Gasteiger charge is 2.11. The van der Waals surface area contributed by atoms with Gasteiger partial charge in [-0.3, -0.25) is 0 Å². The van der Waals surface area contributed by atoms with Gasteiger partial charge in [0.25, 0.3) is 0 Å². The first-order valence-electron chi connectivity index (χ1n) is 4.30. The van der Waals surface area contributed by atoms with Crippen LogP contribution < -0.4 is 10.5 Å². The molecule has 0 saturated carbocycles. The highest BCUT2D eigenvalue weighted by Crippen LogP contribution is 2.21. The molecule has 0 atom stereocenters. The molecule has 0 aliphatic carbocycles. The molecule has 14 heavy (non-hydrogen) atoms. The topological polar surface area (TPSA) is 65.4 Å². The molecular weight excluding hydrogens is 180 g/mol. The normalized spacial score (nSPS) is 10.8. The number of rotatable bonds is 1. The summed E-state index contributed by atoms with van der Waals surface area (Å²) in [4.78, 5) is 4.30. The maximum absolute atomic E-state index is 5.83. The number of aryl methyl sites for hydroxylation is 2. The molecule has 0 aliphatic rings. The van der Waals surface area contributed by atoms with Gasteiger partial charge in [-0.1, -0.05) is 0 Å². The van der Waals surface area contributed by atoms with Crippen molar-refractivity contribution in [2.45, 2.75) is 13.8 Å². The van der Waals surface area contributed by atoms with Gasteiger partial charge in [-0.25, -0.2) is 4.98 Å². The van der Waals surface area contributed by atoms with E-state index >= 15 is 0 Å². The Morgan fingerprint density at radius 1 is 1.43 bits per heavy atom. The van der Waals surface area contributed by atoms with Gasteiger partial charge >= 0.3 is 0 Å². The van der Waals surface area contributed by atoms with Crippen LogP contribution in [0.25, 0.3) is 5.65 Å². The minimum absolute atomic E-state index is 0.604. The summed E-state index contributed by atoms with van der Waals surface area (Å²) in [5.41, 5.74) is 8.71. The number of hydrogen-bond donors (Lipinski definition) is 1. The molecule has 0 aliphatic heterocycles. The number of ether oxygens (including phenoxy) is 1. The summed E-state index contributed by atoms with van der Waals surface area (Å²) in [6, 6.07) is 1.82. The lowest BCUT2D eigenvalue weighted by molar-refractivity contribution is 0.384. The van der Waals surface area contributed by atoms with Crippen molar-refractivity contribution in [3.05, 3.63) is 17.5 Å². The van der Waals surface area contributed by atoms with Crippen molar-refractivity contribution in [1.82, 2.24) is 14.6 Å². The van der Waals surface area contributed by atoms with Gasteiger partial charge in [0.2, 0.25) is 5.88 Å². The minimum atomic E-state index is 0.604. The van der Waals surface area contributed by atoms with E-state index < -0.39 is 0 Å². The van der Waals surface area contributed by atoms with E-state index in [1.807, 2.05) is 19.9 Å². The van der Waals surface area contributed by atoms with Crippen LogP contribution in [0.2, 0.25) is 0 Å². The summed E-state index contributed by atoms with van der Waals surface area (Å²) in [6.07, 6.45) is 0. The number of aromatic nitrogens is 3. The summed E-state index contributed by atoms with van der Waals surface area (Å²) in [5, 5.41) is 4.23. The quantitative estimate of drug-likeness (QED) is 0.730. The molecule has 0 amide bonds. The Morgan fingerprint density at radius 3 is 2.79 bits per heavy atom. The molecule has 0 aromatic carbocycles. The van der Waals surface area contributed by atoms with Crippen LogP contribution in [-0.2, 0) is 0 Å². The van der Waals surface area contributed by atoms with E-state index in [0.29, 0.717) is 17.2 Å². The Morgan fingerprint density at radius 2 is 2.14 bits per heavy atom. The Labute approximate surface area is 81.5 Å². The van der Waals surface area contributed by atoms with Gasteiger partial charge in [0.1, 0.15) is 5.69 Å². The first-order chi connectivity index (χ1) is 6.63. The lowest BCUT2D eigenvalue weighted by Crippen LogP contribution is -1.99. The first kappa shape index (κ1) is 8.80. The van der Waals surface area contributed by atoms with Gasteiger partial charge in [-0.15, -0.1) is 0 Å². The molecule has 2 aromatic rings. The second-order valence-electron chi connectivity index (χ2n) is 3.17. The van der Waals surface area contributed by atoms with E-state index in [0.717, 1.165) is 11.4 Å². The maximum Gasteiger partial charge on any atom is 0.218 e. The Kier molecular flexibility index (Phi) is 1.80. The zero-order valence-electron chi connectivity index (χ0n) is 8.40. The molecule has 5 nitrogen and oxygen atoms in total. The van der Waals surface area contributed by atoms with Gasteiger partial charge in [0.05, 0.1) is 12.8 Å². The molecule has 0 spiro atoms. The molecule has 74 valence electrons. The minimum Gasteiger partial charge on any atom is -0.481 e. The second kappa shape index (κ2) is 2.87. The number of fused-ring (bicyclic) bond motifs is 1. The number of anilines is 1. The lowest BCUT2D eigenvalue weighted by Gasteiger charge is -2.03. The van der Waals surface area contributed by atoms with E-state index in [1.54, 1.807) is 11.6 Å². The van der Waals surface area contributed by atoms with Gasteiger partial charge in [0.15, 0.2) is 5.65 Å². The number of nitrogens with zero attached hydrogens (tertiary/aromatic N) is 3. The van der Waals surface area contributed by atoms with Gasteiger partial charge < -0.3 is 10.5 Å². The predicted octanol–water partition coefficient (Wildman–Crippen LogP) is 0.937. The van der Waals surface area contributed by atoms with E-state index in [-0.39, 0.29) is 0 Å². The summed E-state index contributed by atoms with van der Waals surface area (Å²) in [7, 11) is 1.60. The number of methoxy groups -OCH3 is 1. The summed E-state index contributed by atoms with van der Waals surface area (Å²) in [6.45, 7) is 3.74. The van der Waals surface area contributed by atoms with Crippen LogP contribution in [0.5, 0.6) is 5.88 Å². The first-order valence-corrected chi connectivity index (χ1v) is 4.30. The fraction of sp³-hybridized carbons (Fsp3) is 0.333. The third kappa shape index (κ3) is 1.09. The van der Waals surface area contributed by atoms with Crippen LogP contribution in [-0.4, -0.2) is 21.7 Å². The summed E-state index contributed by atoms with van der Waals surface area (Å²) < 4.78 is 6.79. The second-order valence-corrected chi connectivity index (χ2v) is 3.17. The molecule has 0 saturated heterocycles. The van der Waals surface area contributed by atoms with E-state index in [9.17, 15) is 0 Å². The van der Waals surface area contributed by atoms with E-state index in [1.165, 1.54) is 0 Å². The van der Waals surface area contributed by atoms with Crippen molar-refractivity contribution < 1.29 is 4.74 Å².